The van der Waals surface area contributed by atoms with Crippen LogP contribution >= 0.6 is 23.2 Å². The van der Waals surface area contributed by atoms with Crippen molar-refractivity contribution in [3.63, 3.8) is 0 Å². The first-order chi connectivity index (χ1) is 14.6. The molecule has 0 saturated heterocycles. The number of hydrogen-bond donors (Lipinski definition) is 1. The first-order valence-electron chi connectivity index (χ1n) is 9.01. The lowest BCUT2D eigenvalue weighted by Gasteiger charge is -2.14. The summed E-state index contributed by atoms with van der Waals surface area (Å²) < 4.78 is 12.6. The second kappa shape index (κ2) is 8.73. The molecule has 3 aromatic heterocycles. The highest BCUT2D eigenvalue weighted by Gasteiger charge is 2.13. The van der Waals surface area contributed by atoms with E-state index in [1.807, 2.05) is 34.9 Å². The first kappa shape index (κ1) is 20.2. The van der Waals surface area contributed by atoms with Gasteiger partial charge in [-0.1, -0.05) is 17.7 Å². The number of rotatable bonds is 7. The zero-order chi connectivity index (χ0) is 21.1. The molecule has 0 atom stereocenters. The number of anilines is 1. The topological polar surface area (TPSA) is 87.0 Å². The van der Waals surface area contributed by atoms with E-state index in [-0.39, 0.29) is 10.4 Å². The lowest BCUT2D eigenvalue weighted by atomic mass is 10.1. The van der Waals surface area contributed by atoms with Gasteiger partial charge in [-0.05, 0) is 29.8 Å². The monoisotopic (exact) mass is 444 g/mol. The minimum atomic E-state index is 0.0744. The quantitative estimate of drug-likeness (QED) is 0.337. The van der Waals surface area contributed by atoms with Crippen LogP contribution in [0.15, 0.2) is 42.9 Å². The van der Waals surface area contributed by atoms with Crippen molar-refractivity contribution < 1.29 is 9.47 Å². The summed E-state index contributed by atoms with van der Waals surface area (Å²) in [7, 11) is 3.25. The van der Waals surface area contributed by atoms with Crippen LogP contribution in [0.4, 0.5) is 5.82 Å². The van der Waals surface area contributed by atoms with Crippen molar-refractivity contribution in [3.8, 4) is 11.5 Å². The molecular weight excluding hydrogens is 427 g/mol. The van der Waals surface area contributed by atoms with Crippen molar-refractivity contribution in [2.75, 3.05) is 19.5 Å². The number of halogens is 2. The Morgan fingerprint density at radius 2 is 1.90 bits per heavy atom. The van der Waals surface area contributed by atoms with Crippen molar-refractivity contribution in [1.29, 1.82) is 0 Å². The molecule has 1 aromatic carbocycles. The summed E-state index contributed by atoms with van der Waals surface area (Å²) in [4.78, 5) is 17.0. The van der Waals surface area contributed by atoms with Gasteiger partial charge in [0.15, 0.2) is 10.8 Å². The van der Waals surface area contributed by atoms with Crippen LogP contribution in [-0.4, -0.2) is 38.7 Å². The van der Waals surface area contributed by atoms with E-state index in [9.17, 15) is 0 Å². The fraction of sp³-hybridized carbons (Fsp3) is 0.200. The average molecular weight is 445 g/mol. The minimum absolute atomic E-state index is 0.0744. The molecule has 4 rings (SSSR count). The summed E-state index contributed by atoms with van der Waals surface area (Å²) in [6.07, 6.45) is 3.39. The van der Waals surface area contributed by atoms with Crippen LogP contribution < -0.4 is 14.8 Å². The lowest BCUT2D eigenvalue weighted by molar-refractivity contribution is 0.391. The van der Waals surface area contributed by atoms with Crippen LogP contribution in [0.25, 0.3) is 11.2 Å². The Hall–Kier alpha value is -3.10. The van der Waals surface area contributed by atoms with Gasteiger partial charge in [-0.2, -0.15) is 4.98 Å². The Bertz CT molecular complexity index is 1200. The second-order valence-electron chi connectivity index (χ2n) is 6.37. The molecule has 0 spiro atoms. The van der Waals surface area contributed by atoms with E-state index in [4.69, 9.17) is 32.7 Å². The molecule has 0 unspecified atom stereocenters. The van der Waals surface area contributed by atoms with Gasteiger partial charge in [0.2, 0.25) is 5.28 Å². The predicted molar refractivity (Wildman–Crippen MR) is 116 cm³/mol. The summed E-state index contributed by atoms with van der Waals surface area (Å²) in [6, 6.07) is 9.56. The van der Waals surface area contributed by atoms with Gasteiger partial charge in [0, 0.05) is 29.9 Å². The number of imidazole rings is 1. The van der Waals surface area contributed by atoms with Crippen molar-refractivity contribution in [2.24, 2.45) is 0 Å². The maximum atomic E-state index is 6.12. The van der Waals surface area contributed by atoms with E-state index in [1.54, 1.807) is 26.7 Å². The van der Waals surface area contributed by atoms with E-state index in [2.05, 4.69) is 25.3 Å². The van der Waals surface area contributed by atoms with Gasteiger partial charge in [-0.25, -0.2) is 15.0 Å². The summed E-state index contributed by atoms with van der Waals surface area (Å²) in [5.41, 5.74) is 3.00. The Kier molecular flexibility index (Phi) is 5.87. The first-order valence-corrected chi connectivity index (χ1v) is 9.77. The molecule has 0 amide bonds. The van der Waals surface area contributed by atoms with Gasteiger partial charge in [-0.15, -0.1) is 0 Å². The highest BCUT2D eigenvalue weighted by atomic mass is 35.5. The molecule has 10 heteroatoms. The van der Waals surface area contributed by atoms with Crippen LogP contribution in [0.5, 0.6) is 11.5 Å². The van der Waals surface area contributed by atoms with Gasteiger partial charge in [-0.3, -0.25) is 0 Å². The number of nitrogens with one attached hydrogen (secondary N) is 1. The Morgan fingerprint density at radius 1 is 1.03 bits per heavy atom. The van der Waals surface area contributed by atoms with Crippen LogP contribution in [-0.2, 0) is 13.1 Å². The third-order valence-electron chi connectivity index (χ3n) is 4.57. The summed E-state index contributed by atoms with van der Waals surface area (Å²) in [6.45, 7) is 1.01. The van der Waals surface area contributed by atoms with Crippen LogP contribution in [0.2, 0.25) is 10.4 Å². The standard InChI is InChI=1S/C20H18Cl2N6O2/c1-29-14-6-5-12(15(8-14)30-2)9-24-18-13(4-3-7-23-18)10-28-11-25-16-17(21)26-20(22)27-19(16)28/h3-8,11H,9-10H2,1-2H3,(H,23,24). The van der Waals surface area contributed by atoms with Gasteiger partial charge < -0.3 is 19.4 Å². The van der Waals surface area contributed by atoms with Crippen molar-refractivity contribution in [3.05, 3.63) is 64.4 Å². The number of methoxy groups -OCH3 is 2. The van der Waals surface area contributed by atoms with Crippen molar-refractivity contribution >= 4 is 40.2 Å². The van der Waals surface area contributed by atoms with Crippen LogP contribution in [0.3, 0.4) is 0 Å². The molecule has 0 saturated carbocycles. The largest absolute Gasteiger partial charge is 0.497 e. The molecule has 3 heterocycles. The molecule has 8 nitrogen and oxygen atoms in total. The number of ether oxygens (including phenoxy) is 2. The molecule has 0 fully saturated rings. The Morgan fingerprint density at radius 3 is 2.70 bits per heavy atom. The van der Waals surface area contributed by atoms with E-state index < -0.39 is 0 Å². The maximum Gasteiger partial charge on any atom is 0.225 e. The SMILES string of the molecule is COc1ccc(CNc2ncccc2Cn2cnc3c(Cl)nc(Cl)nc32)c(OC)c1. The zero-order valence-corrected chi connectivity index (χ0v) is 17.8. The van der Waals surface area contributed by atoms with E-state index in [1.165, 1.54) is 0 Å². The lowest BCUT2D eigenvalue weighted by Crippen LogP contribution is -2.08. The van der Waals surface area contributed by atoms with Gasteiger partial charge in [0.25, 0.3) is 0 Å². The number of pyridine rings is 1. The number of hydrogen-bond acceptors (Lipinski definition) is 7. The summed E-state index contributed by atoms with van der Waals surface area (Å²) in [5.74, 6) is 2.21. The number of nitrogens with zero attached hydrogens (tertiary/aromatic N) is 5. The molecule has 1 N–H and O–H groups in total. The zero-order valence-electron chi connectivity index (χ0n) is 16.3. The van der Waals surface area contributed by atoms with Crippen molar-refractivity contribution in [1.82, 2.24) is 24.5 Å². The Labute approximate surface area is 182 Å². The molecule has 154 valence electrons. The third kappa shape index (κ3) is 4.10. The molecule has 0 aliphatic heterocycles. The highest BCUT2D eigenvalue weighted by molar-refractivity contribution is 6.35. The normalized spacial score (nSPS) is 10.9. The number of aromatic nitrogens is 5. The Balaban J connectivity index is 1.58. The molecular formula is C20H18Cl2N6O2. The number of benzene rings is 1. The van der Waals surface area contributed by atoms with Gasteiger partial charge >= 0.3 is 0 Å². The maximum absolute atomic E-state index is 6.12. The van der Waals surface area contributed by atoms with Gasteiger partial charge in [0.05, 0.1) is 27.1 Å². The van der Waals surface area contributed by atoms with Gasteiger partial charge in [0.1, 0.15) is 22.8 Å². The van der Waals surface area contributed by atoms with E-state index in [0.29, 0.717) is 24.3 Å². The van der Waals surface area contributed by atoms with E-state index in [0.717, 1.165) is 28.4 Å². The van der Waals surface area contributed by atoms with Crippen LogP contribution in [0.1, 0.15) is 11.1 Å². The average Bonchev–Trinajstić information content (AvgIpc) is 3.15. The molecule has 0 radical (unpaired) electrons. The fourth-order valence-electron chi connectivity index (χ4n) is 3.09. The predicted octanol–water partition coefficient (Wildman–Crippen LogP) is 4.21. The highest BCUT2D eigenvalue weighted by Crippen LogP contribution is 2.26. The number of fused-ring (bicyclic) bond motifs is 1. The minimum Gasteiger partial charge on any atom is -0.497 e. The smallest absolute Gasteiger partial charge is 0.225 e. The fourth-order valence-corrected chi connectivity index (χ4v) is 3.51. The summed E-state index contributed by atoms with van der Waals surface area (Å²) >= 11 is 12.1. The van der Waals surface area contributed by atoms with E-state index >= 15 is 0 Å². The molecule has 30 heavy (non-hydrogen) atoms. The molecule has 4 aromatic rings. The molecule has 0 aliphatic rings. The third-order valence-corrected chi connectivity index (χ3v) is 5.00. The molecule has 0 bridgehead atoms. The van der Waals surface area contributed by atoms with Crippen LogP contribution in [0, 0.1) is 0 Å². The summed E-state index contributed by atoms with van der Waals surface area (Å²) in [5, 5.41) is 3.67. The van der Waals surface area contributed by atoms with Crippen molar-refractivity contribution in [2.45, 2.75) is 13.1 Å². The second-order valence-corrected chi connectivity index (χ2v) is 7.07. The molecule has 0 aliphatic carbocycles.